The second kappa shape index (κ2) is 6.80. The molecule has 0 aliphatic carbocycles. The van der Waals surface area contributed by atoms with E-state index in [0.717, 1.165) is 6.08 Å². The summed E-state index contributed by atoms with van der Waals surface area (Å²) in [4.78, 5) is 22.2. The van der Waals surface area contributed by atoms with E-state index in [0.29, 0.717) is 16.3 Å². The highest BCUT2D eigenvalue weighted by Gasteiger charge is 2.19. The van der Waals surface area contributed by atoms with E-state index in [4.69, 9.17) is 21.4 Å². The van der Waals surface area contributed by atoms with Crippen LogP contribution in [0.3, 0.4) is 0 Å². The molecule has 1 aromatic carbocycles. The van der Waals surface area contributed by atoms with Crippen LogP contribution in [0.4, 0.5) is 0 Å². The number of carbonyl (C=O) groups is 2. The lowest BCUT2D eigenvalue weighted by atomic mass is 10.1. The van der Waals surface area contributed by atoms with Crippen LogP contribution in [-0.2, 0) is 16.0 Å². The molecule has 0 aliphatic rings. The fraction of sp³-hybridized carbons (Fsp3) is 0.231. The maximum absolute atomic E-state index is 11.1. The molecule has 102 valence electrons. The first-order valence-electron chi connectivity index (χ1n) is 5.46. The number of aliphatic carboxylic acids is 1. The van der Waals surface area contributed by atoms with Crippen molar-refractivity contribution >= 4 is 23.5 Å². The van der Waals surface area contributed by atoms with Gasteiger partial charge in [-0.25, -0.2) is 4.79 Å². The predicted octanol–water partition coefficient (Wildman–Crippen LogP) is 1.65. The molecular weight excluding hydrogens is 270 g/mol. The lowest BCUT2D eigenvalue weighted by Gasteiger charge is -2.14. The van der Waals surface area contributed by atoms with E-state index < -0.39 is 17.9 Å². The highest BCUT2D eigenvalue weighted by atomic mass is 35.5. The van der Waals surface area contributed by atoms with Crippen molar-refractivity contribution < 1.29 is 19.4 Å². The molecule has 0 radical (unpaired) electrons. The number of methoxy groups -OCH3 is 1. The molecule has 6 heteroatoms. The first-order valence-corrected chi connectivity index (χ1v) is 5.84. The molecule has 0 saturated carbocycles. The number of carboxylic acids is 1. The van der Waals surface area contributed by atoms with Crippen LogP contribution in [0.15, 0.2) is 30.9 Å². The van der Waals surface area contributed by atoms with Gasteiger partial charge in [-0.05, 0) is 23.8 Å². The molecule has 0 aromatic heterocycles. The molecule has 0 spiro atoms. The van der Waals surface area contributed by atoms with Crippen LogP contribution in [-0.4, -0.2) is 30.1 Å². The lowest BCUT2D eigenvalue weighted by molar-refractivity contribution is -0.141. The van der Waals surface area contributed by atoms with Crippen molar-refractivity contribution in [2.75, 3.05) is 7.11 Å². The average Bonchev–Trinajstić information content (AvgIpc) is 2.37. The monoisotopic (exact) mass is 283 g/mol. The normalized spacial score (nSPS) is 11.5. The van der Waals surface area contributed by atoms with Crippen molar-refractivity contribution in [3.05, 3.63) is 41.4 Å². The van der Waals surface area contributed by atoms with Crippen LogP contribution < -0.4 is 10.1 Å². The maximum atomic E-state index is 11.1. The molecule has 0 aliphatic heterocycles. The molecule has 19 heavy (non-hydrogen) atoms. The summed E-state index contributed by atoms with van der Waals surface area (Å²) in [7, 11) is 1.49. The number of hydrogen-bond acceptors (Lipinski definition) is 3. The Morgan fingerprint density at radius 3 is 2.74 bits per heavy atom. The number of benzene rings is 1. The Morgan fingerprint density at radius 1 is 1.58 bits per heavy atom. The van der Waals surface area contributed by atoms with Crippen molar-refractivity contribution in [3.63, 3.8) is 0 Å². The quantitative estimate of drug-likeness (QED) is 0.778. The minimum absolute atomic E-state index is 0.124. The van der Waals surface area contributed by atoms with Crippen molar-refractivity contribution in [1.82, 2.24) is 5.32 Å². The number of nitrogens with one attached hydrogen (secondary N) is 1. The van der Waals surface area contributed by atoms with Crippen molar-refractivity contribution in [2.24, 2.45) is 0 Å². The smallest absolute Gasteiger partial charge is 0.326 e. The molecule has 2 N–H and O–H groups in total. The van der Waals surface area contributed by atoms with E-state index in [9.17, 15) is 9.59 Å². The largest absolute Gasteiger partial charge is 0.495 e. The summed E-state index contributed by atoms with van der Waals surface area (Å²) >= 11 is 5.95. The van der Waals surface area contributed by atoms with Gasteiger partial charge in [0.15, 0.2) is 0 Å². The van der Waals surface area contributed by atoms with Crippen LogP contribution in [0.2, 0.25) is 5.02 Å². The van der Waals surface area contributed by atoms with Crippen LogP contribution in [0.5, 0.6) is 5.75 Å². The van der Waals surface area contributed by atoms with Gasteiger partial charge in [0.25, 0.3) is 0 Å². The molecule has 0 bridgehead atoms. The first-order chi connectivity index (χ1) is 8.97. The van der Waals surface area contributed by atoms with Gasteiger partial charge in [0.05, 0.1) is 12.1 Å². The van der Waals surface area contributed by atoms with Gasteiger partial charge >= 0.3 is 5.97 Å². The van der Waals surface area contributed by atoms with Crippen LogP contribution in [0.1, 0.15) is 5.56 Å². The Balaban J connectivity index is 2.84. The van der Waals surface area contributed by atoms with E-state index >= 15 is 0 Å². The molecule has 1 aromatic rings. The summed E-state index contributed by atoms with van der Waals surface area (Å²) in [6, 6.07) is 3.91. The summed E-state index contributed by atoms with van der Waals surface area (Å²) in [5.41, 5.74) is 0.683. The zero-order valence-corrected chi connectivity index (χ0v) is 11.1. The van der Waals surface area contributed by atoms with E-state index in [1.54, 1.807) is 18.2 Å². The van der Waals surface area contributed by atoms with Gasteiger partial charge in [-0.1, -0.05) is 24.2 Å². The SMILES string of the molecule is C=CC(=O)N[C@H](Cc1ccc(OC)c(Cl)c1)C(=O)O. The van der Waals surface area contributed by atoms with Gasteiger partial charge in [-0.3, -0.25) is 4.79 Å². The summed E-state index contributed by atoms with van der Waals surface area (Å²) in [6.07, 6.45) is 1.15. The third-order valence-corrected chi connectivity index (χ3v) is 2.75. The van der Waals surface area contributed by atoms with Gasteiger partial charge < -0.3 is 15.2 Å². The second-order valence-corrected chi connectivity index (χ2v) is 4.18. The topological polar surface area (TPSA) is 75.6 Å². The Bertz CT molecular complexity index is 501. The minimum atomic E-state index is -1.12. The minimum Gasteiger partial charge on any atom is -0.495 e. The number of rotatable bonds is 6. The molecule has 1 amide bonds. The van der Waals surface area contributed by atoms with Crippen LogP contribution in [0, 0.1) is 0 Å². The standard InChI is InChI=1S/C13H14ClNO4/c1-3-12(16)15-10(13(17)18)7-8-4-5-11(19-2)9(14)6-8/h3-6,10H,1,7H2,2H3,(H,15,16)(H,17,18)/t10-/m1/s1. The molecule has 0 unspecified atom stereocenters. The van der Waals surface area contributed by atoms with Crippen molar-refractivity contribution in [2.45, 2.75) is 12.5 Å². The lowest BCUT2D eigenvalue weighted by Crippen LogP contribution is -2.41. The molecule has 1 rings (SSSR count). The Kier molecular flexibility index (Phi) is 5.38. The molecule has 0 saturated heterocycles. The fourth-order valence-corrected chi connectivity index (χ4v) is 1.78. The first kappa shape index (κ1) is 15.0. The van der Waals surface area contributed by atoms with E-state index in [-0.39, 0.29) is 6.42 Å². The highest BCUT2D eigenvalue weighted by molar-refractivity contribution is 6.32. The average molecular weight is 284 g/mol. The van der Waals surface area contributed by atoms with Crippen LogP contribution >= 0.6 is 11.6 Å². The molecule has 1 atom stereocenters. The van der Waals surface area contributed by atoms with Gasteiger partial charge in [-0.15, -0.1) is 0 Å². The summed E-state index contributed by atoms with van der Waals surface area (Å²) in [6.45, 7) is 3.27. The number of carboxylic acid groups (broad SMARTS) is 1. The zero-order valence-electron chi connectivity index (χ0n) is 10.4. The molecule has 0 fully saturated rings. The second-order valence-electron chi connectivity index (χ2n) is 3.78. The summed E-state index contributed by atoms with van der Waals surface area (Å²) in [5, 5.41) is 11.8. The Hall–Kier alpha value is -2.01. The number of hydrogen-bond donors (Lipinski definition) is 2. The highest BCUT2D eigenvalue weighted by Crippen LogP contribution is 2.25. The Labute approximate surface area is 115 Å². The summed E-state index contributed by atoms with van der Waals surface area (Å²) in [5.74, 6) is -1.15. The van der Waals surface area contributed by atoms with Gasteiger partial charge in [-0.2, -0.15) is 0 Å². The van der Waals surface area contributed by atoms with Crippen molar-refractivity contribution in [3.8, 4) is 5.75 Å². The number of carbonyl (C=O) groups excluding carboxylic acids is 1. The third-order valence-electron chi connectivity index (χ3n) is 2.46. The van der Waals surface area contributed by atoms with E-state index in [1.165, 1.54) is 7.11 Å². The number of ether oxygens (including phenoxy) is 1. The predicted molar refractivity (Wildman–Crippen MR) is 71.5 cm³/mol. The number of halogens is 1. The Morgan fingerprint density at radius 2 is 2.26 bits per heavy atom. The molecule has 0 heterocycles. The maximum Gasteiger partial charge on any atom is 0.326 e. The van der Waals surface area contributed by atoms with Gasteiger partial charge in [0.1, 0.15) is 11.8 Å². The van der Waals surface area contributed by atoms with Crippen LogP contribution in [0.25, 0.3) is 0 Å². The van der Waals surface area contributed by atoms with Crippen molar-refractivity contribution in [1.29, 1.82) is 0 Å². The van der Waals surface area contributed by atoms with Gasteiger partial charge in [0, 0.05) is 6.42 Å². The number of amides is 1. The fourth-order valence-electron chi connectivity index (χ4n) is 1.50. The molecule has 5 nitrogen and oxygen atoms in total. The van der Waals surface area contributed by atoms with E-state index in [2.05, 4.69) is 11.9 Å². The van der Waals surface area contributed by atoms with E-state index in [1.807, 2.05) is 0 Å². The third kappa shape index (κ3) is 4.30. The van der Waals surface area contributed by atoms with Gasteiger partial charge in [0.2, 0.25) is 5.91 Å². The molecular formula is C13H14ClNO4. The zero-order chi connectivity index (χ0) is 14.4. The summed E-state index contributed by atoms with van der Waals surface area (Å²) < 4.78 is 5.00.